The zero-order valence-corrected chi connectivity index (χ0v) is 18.7. The van der Waals surface area contributed by atoms with Crippen LogP contribution < -0.4 is 14.9 Å². The third-order valence-electron chi connectivity index (χ3n) is 5.09. The van der Waals surface area contributed by atoms with Gasteiger partial charge in [-0.1, -0.05) is 74.9 Å². The van der Waals surface area contributed by atoms with Crippen LogP contribution in [0.5, 0.6) is 11.5 Å². The molecule has 1 atom stereocenters. The molecule has 1 N–H and O–H groups in total. The van der Waals surface area contributed by atoms with Crippen molar-refractivity contribution < 1.29 is 14.3 Å². The van der Waals surface area contributed by atoms with Crippen molar-refractivity contribution in [3.05, 3.63) is 95.6 Å². The van der Waals surface area contributed by atoms with Crippen LogP contribution in [0.1, 0.15) is 49.3 Å². The van der Waals surface area contributed by atoms with Crippen molar-refractivity contribution in [1.29, 1.82) is 0 Å². The molecule has 3 aromatic carbocycles. The fourth-order valence-corrected chi connectivity index (χ4v) is 3.30. The summed E-state index contributed by atoms with van der Waals surface area (Å²) in [5, 5.41) is 4.04. The van der Waals surface area contributed by atoms with E-state index in [2.05, 4.69) is 36.5 Å². The first-order valence-electron chi connectivity index (χ1n) is 11.0. The van der Waals surface area contributed by atoms with E-state index in [1.54, 1.807) is 6.21 Å². The summed E-state index contributed by atoms with van der Waals surface area (Å²) in [5.41, 5.74) is 5.64. The molecule has 1 amide bonds. The summed E-state index contributed by atoms with van der Waals surface area (Å²) in [5.74, 6) is 1.55. The highest BCUT2D eigenvalue weighted by atomic mass is 16.5. The Kier molecular flexibility index (Phi) is 8.87. The van der Waals surface area contributed by atoms with Gasteiger partial charge in [-0.25, -0.2) is 5.43 Å². The van der Waals surface area contributed by atoms with Crippen molar-refractivity contribution in [2.75, 3.05) is 6.61 Å². The van der Waals surface area contributed by atoms with Crippen molar-refractivity contribution in [1.82, 2.24) is 5.43 Å². The third-order valence-corrected chi connectivity index (χ3v) is 5.09. The molecule has 0 aliphatic rings. The number of hydrogen-bond acceptors (Lipinski definition) is 4. The maximum absolute atomic E-state index is 12.1. The predicted molar refractivity (Wildman–Crippen MR) is 128 cm³/mol. The Labute approximate surface area is 190 Å². The summed E-state index contributed by atoms with van der Waals surface area (Å²) in [6.07, 6.45) is 3.88. The lowest BCUT2D eigenvalue weighted by Crippen LogP contribution is -2.24. The lowest BCUT2D eigenvalue weighted by atomic mass is 9.97. The van der Waals surface area contributed by atoms with Crippen molar-refractivity contribution in [3.63, 3.8) is 0 Å². The van der Waals surface area contributed by atoms with E-state index >= 15 is 0 Å². The van der Waals surface area contributed by atoms with Crippen LogP contribution in [0.3, 0.4) is 0 Å². The van der Waals surface area contributed by atoms with E-state index in [4.69, 9.17) is 9.47 Å². The van der Waals surface area contributed by atoms with Gasteiger partial charge in [-0.2, -0.15) is 5.10 Å². The summed E-state index contributed by atoms with van der Waals surface area (Å²) < 4.78 is 11.5. The zero-order valence-electron chi connectivity index (χ0n) is 18.7. The number of amides is 1. The molecule has 0 aliphatic heterocycles. The molecule has 0 saturated heterocycles. The number of carbonyl (C=O) groups is 1. The van der Waals surface area contributed by atoms with Gasteiger partial charge >= 0.3 is 0 Å². The minimum atomic E-state index is -0.327. The molecule has 5 nitrogen and oxygen atoms in total. The second-order valence-corrected chi connectivity index (χ2v) is 7.65. The van der Waals surface area contributed by atoms with Crippen LogP contribution in [-0.2, 0) is 11.4 Å². The smallest absolute Gasteiger partial charge is 0.277 e. The molecule has 0 heterocycles. The molecule has 0 saturated carbocycles. The quantitative estimate of drug-likeness (QED) is 0.314. The second-order valence-electron chi connectivity index (χ2n) is 7.65. The highest BCUT2D eigenvalue weighted by Crippen LogP contribution is 2.23. The molecule has 0 radical (unpaired) electrons. The molecule has 0 bridgehead atoms. The van der Waals surface area contributed by atoms with Gasteiger partial charge in [-0.15, -0.1) is 0 Å². The van der Waals surface area contributed by atoms with Crippen LogP contribution in [0.25, 0.3) is 0 Å². The van der Waals surface area contributed by atoms with Gasteiger partial charge in [0.1, 0.15) is 18.1 Å². The molecule has 0 aromatic heterocycles. The molecule has 0 fully saturated rings. The first kappa shape index (κ1) is 23.1. The van der Waals surface area contributed by atoms with Gasteiger partial charge in [0.05, 0.1) is 6.21 Å². The SMILES string of the molecule is CCC[C@H](C)c1ccc(OCC(=O)N/N=C\c2ccccc2OCc2ccccc2)cc1. The minimum Gasteiger partial charge on any atom is -0.488 e. The number of hydrazone groups is 1. The van der Waals surface area contributed by atoms with Crippen LogP contribution >= 0.6 is 0 Å². The van der Waals surface area contributed by atoms with E-state index in [1.165, 1.54) is 5.56 Å². The molecule has 3 rings (SSSR count). The van der Waals surface area contributed by atoms with Crippen molar-refractivity contribution in [3.8, 4) is 11.5 Å². The maximum Gasteiger partial charge on any atom is 0.277 e. The zero-order chi connectivity index (χ0) is 22.6. The molecule has 166 valence electrons. The van der Waals surface area contributed by atoms with Gasteiger partial charge < -0.3 is 9.47 Å². The highest BCUT2D eigenvalue weighted by Gasteiger charge is 2.06. The van der Waals surface area contributed by atoms with Crippen molar-refractivity contribution in [2.24, 2.45) is 5.10 Å². The van der Waals surface area contributed by atoms with E-state index in [1.807, 2.05) is 66.7 Å². The number of ether oxygens (including phenoxy) is 2. The molecule has 3 aromatic rings. The topological polar surface area (TPSA) is 59.9 Å². The van der Waals surface area contributed by atoms with E-state index in [9.17, 15) is 4.79 Å². The molecule has 0 spiro atoms. The van der Waals surface area contributed by atoms with E-state index in [0.717, 1.165) is 24.0 Å². The highest BCUT2D eigenvalue weighted by molar-refractivity contribution is 5.85. The van der Waals surface area contributed by atoms with Gasteiger partial charge in [0.15, 0.2) is 6.61 Å². The number of hydrogen-bond donors (Lipinski definition) is 1. The number of nitrogens with zero attached hydrogens (tertiary/aromatic N) is 1. The summed E-state index contributed by atoms with van der Waals surface area (Å²) in [7, 11) is 0. The number of benzene rings is 3. The van der Waals surface area contributed by atoms with Crippen molar-refractivity contribution >= 4 is 12.1 Å². The maximum atomic E-state index is 12.1. The Balaban J connectivity index is 1.47. The second kappa shape index (κ2) is 12.3. The van der Waals surface area contributed by atoms with E-state index < -0.39 is 0 Å². The largest absolute Gasteiger partial charge is 0.488 e. The van der Waals surface area contributed by atoms with E-state index in [-0.39, 0.29) is 12.5 Å². The van der Waals surface area contributed by atoms with Crippen LogP contribution in [0, 0.1) is 0 Å². The lowest BCUT2D eigenvalue weighted by Gasteiger charge is -2.11. The molecular formula is C27H30N2O3. The number of para-hydroxylation sites is 1. The average Bonchev–Trinajstić information content (AvgIpc) is 2.83. The molecule has 32 heavy (non-hydrogen) atoms. The molecular weight excluding hydrogens is 400 g/mol. The summed E-state index contributed by atoms with van der Waals surface area (Å²) in [4.78, 5) is 12.1. The molecule has 0 unspecified atom stereocenters. The summed E-state index contributed by atoms with van der Waals surface area (Å²) >= 11 is 0. The number of carbonyl (C=O) groups excluding carboxylic acids is 1. The standard InChI is InChI=1S/C27H30N2O3/c1-3-9-21(2)23-14-16-25(17-15-23)31-20-27(30)29-28-18-24-12-7-8-13-26(24)32-19-22-10-5-4-6-11-22/h4-8,10-18,21H,3,9,19-20H2,1-2H3,(H,29,30)/b28-18-/t21-/m0/s1. The predicted octanol–water partition coefficient (Wildman–Crippen LogP) is 5.70. The van der Waals surface area contributed by atoms with E-state index in [0.29, 0.717) is 24.0 Å². The average molecular weight is 431 g/mol. The Bertz CT molecular complexity index is 1000. The van der Waals surface area contributed by atoms with Crippen LogP contribution in [0.15, 0.2) is 84.0 Å². The fourth-order valence-electron chi connectivity index (χ4n) is 3.30. The normalized spacial score (nSPS) is 11.8. The third kappa shape index (κ3) is 7.27. The number of rotatable bonds is 11. The van der Waals surface area contributed by atoms with Crippen LogP contribution in [0.4, 0.5) is 0 Å². The van der Waals surface area contributed by atoms with Gasteiger partial charge in [0.25, 0.3) is 5.91 Å². The number of nitrogens with one attached hydrogen (secondary N) is 1. The Morgan fingerprint density at radius 1 is 0.969 bits per heavy atom. The van der Waals surface area contributed by atoms with Gasteiger partial charge in [0, 0.05) is 5.56 Å². The van der Waals surface area contributed by atoms with Gasteiger partial charge in [-0.05, 0) is 47.7 Å². The Morgan fingerprint density at radius 3 is 2.44 bits per heavy atom. The van der Waals surface area contributed by atoms with Gasteiger partial charge in [-0.3, -0.25) is 4.79 Å². The summed E-state index contributed by atoms with van der Waals surface area (Å²) in [6, 6.07) is 25.4. The van der Waals surface area contributed by atoms with Crippen molar-refractivity contribution in [2.45, 2.75) is 39.2 Å². The van der Waals surface area contributed by atoms with Gasteiger partial charge in [0.2, 0.25) is 0 Å². The van der Waals surface area contributed by atoms with Crippen LogP contribution in [-0.4, -0.2) is 18.7 Å². The Morgan fingerprint density at radius 2 is 1.69 bits per heavy atom. The minimum absolute atomic E-state index is 0.104. The van der Waals surface area contributed by atoms with Crippen LogP contribution in [0.2, 0.25) is 0 Å². The first-order valence-corrected chi connectivity index (χ1v) is 11.0. The lowest BCUT2D eigenvalue weighted by molar-refractivity contribution is -0.123. The Hall–Kier alpha value is -3.60. The molecule has 5 heteroatoms. The monoisotopic (exact) mass is 430 g/mol. The summed E-state index contributed by atoms with van der Waals surface area (Å²) in [6.45, 7) is 4.76. The fraction of sp³-hybridized carbons (Fsp3) is 0.259. The molecule has 0 aliphatic carbocycles. The first-order chi connectivity index (χ1) is 15.7.